The van der Waals surface area contributed by atoms with Crippen molar-refractivity contribution in [2.45, 2.75) is 30.3 Å². The zero-order valence-electron chi connectivity index (χ0n) is 13.1. The van der Waals surface area contributed by atoms with Gasteiger partial charge in [0.2, 0.25) is 11.8 Å². The van der Waals surface area contributed by atoms with Crippen LogP contribution in [0.1, 0.15) is 31.3 Å². The Kier molecular flexibility index (Phi) is 5.09. The maximum absolute atomic E-state index is 12.9. The van der Waals surface area contributed by atoms with Crippen LogP contribution < -0.4 is 5.32 Å². The quantitative estimate of drug-likeness (QED) is 0.774. The van der Waals surface area contributed by atoms with E-state index < -0.39 is 27.3 Å². The maximum Gasteiger partial charge on any atom is 0.322 e. The molecular formula is C15H16FN3O5S. The van der Waals surface area contributed by atoms with Gasteiger partial charge in [-0.15, -0.1) is 5.10 Å². The second-order valence-electron chi connectivity index (χ2n) is 5.52. The van der Waals surface area contributed by atoms with Gasteiger partial charge in [0.1, 0.15) is 11.9 Å². The summed E-state index contributed by atoms with van der Waals surface area (Å²) in [5.41, 5.74) is 0. The van der Waals surface area contributed by atoms with Crippen molar-refractivity contribution in [3.8, 4) is 0 Å². The van der Waals surface area contributed by atoms with Crippen LogP contribution in [0, 0.1) is 5.82 Å². The molecule has 1 aliphatic rings. The van der Waals surface area contributed by atoms with E-state index in [9.17, 15) is 17.6 Å². The summed E-state index contributed by atoms with van der Waals surface area (Å²) in [5, 5.41) is 9.86. The molecule has 0 aliphatic carbocycles. The number of hydrogen-bond acceptors (Lipinski definition) is 7. The van der Waals surface area contributed by atoms with Crippen LogP contribution in [0.2, 0.25) is 0 Å². The number of nitrogens with zero attached hydrogens (tertiary/aromatic N) is 2. The Morgan fingerprint density at radius 3 is 2.72 bits per heavy atom. The molecule has 1 atom stereocenters. The van der Waals surface area contributed by atoms with Gasteiger partial charge < -0.3 is 9.15 Å². The molecule has 2 aromatic rings. The first-order chi connectivity index (χ1) is 11.9. The van der Waals surface area contributed by atoms with E-state index in [0.29, 0.717) is 6.61 Å². The van der Waals surface area contributed by atoms with Crippen LogP contribution in [0.25, 0.3) is 0 Å². The first-order valence-electron chi connectivity index (χ1n) is 7.67. The lowest BCUT2D eigenvalue weighted by Gasteiger charge is -2.04. The van der Waals surface area contributed by atoms with E-state index in [0.717, 1.165) is 37.1 Å². The van der Waals surface area contributed by atoms with E-state index in [1.165, 1.54) is 0 Å². The molecular weight excluding hydrogens is 353 g/mol. The summed E-state index contributed by atoms with van der Waals surface area (Å²) in [6.07, 6.45) is 1.11. The van der Waals surface area contributed by atoms with Gasteiger partial charge in [-0.25, -0.2) is 12.8 Å². The molecule has 1 unspecified atom stereocenters. The third-order valence-corrected chi connectivity index (χ3v) is 5.39. The highest BCUT2D eigenvalue weighted by Crippen LogP contribution is 2.28. The molecule has 0 saturated carbocycles. The fourth-order valence-electron chi connectivity index (χ4n) is 2.36. The molecule has 25 heavy (non-hydrogen) atoms. The van der Waals surface area contributed by atoms with E-state index in [1.54, 1.807) is 0 Å². The van der Waals surface area contributed by atoms with E-state index in [-0.39, 0.29) is 29.3 Å². The topological polar surface area (TPSA) is 111 Å². The highest BCUT2D eigenvalue weighted by atomic mass is 32.2. The number of rotatable bonds is 6. The van der Waals surface area contributed by atoms with Gasteiger partial charge in [-0.3, -0.25) is 10.1 Å². The third-order valence-electron chi connectivity index (χ3n) is 3.66. The van der Waals surface area contributed by atoms with E-state index in [2.05, 4.69) is 15.5 Å². The van der Waals surface area contributed by atoms with Gasteiger partial charge in [0, 0.05) is 13.0 Å². The molecule has 1 aliphatic heterocycles. The summed E-state index contributed by atoms with van der Waals surface area (Å²) < 4.78 is 47.8. The number of sulfone groups is 1. The molecule has 0 bridgehead atoms. The van der Waals surface area contributed by atoms with Crippen LogP contribution in [-0.4, -0.2) is 36.9 Å². The molecule has 1 amide bonds. The minimum Gasteiger partial charge on any atom is -0.405 e. The Morgan fingerprint density at radius 2 is 2.04 bits per heavy atom. The van der Waals surface area contributed by atoms with Gasteiger partial charge in [-0.05, 0) is 37.1 Å². The Balaban J connectivity index is 1.55. The smallest absolute Gasteiger partial charge is 0.322 e. The van der Waals surface area contributed by atoms with E-state index in [4.69, 9.17) is 9.15 Å². The molecule has 0 spiro atoms. The van der Waals surface area contributed by atoms with Gasteiger partial charge in [-0.1, -0.05) is 5.10 Å². The van der Waals surface area contributed by atoms with Gasteiger partial charge in [0.05, 0.1) is 10.6 Å². The van der Waals surface area contributed by atoms with Gasteiger partial charge >= 0.3 is 6.01 Å². The van der Waals surface area contributed by atoms with Crippen LogP contribution in [0.4, 0.5) is 10.4 Å². The number of hydrogen-bond donors (Lipinski definition) is 1. The summed E-state index contributed by atoms with van der Waals surface area (Å²) >= 11 is 0. The highest BCUT2D eigenvalue weighted by Gasteiger charge is 2.24. The number of halogens is 1. The summed E-state index contributed by atoms with van der Waals surface area (Å²) in [6, 6.07) is 4.33. The second-order valence-corrected chi connectivity index (χ2v) is 7.63. The number of ether oxygens (including phenoxy) is 1. The lowest BCUT2D eigenvalue weighted by molar-refractivity contribution is -0.116. The lowest BCUT2D eigenvalue weighted by atomic mass is 10.2. The predicted octanol–water partition coefficient (Wildman–Crippen LogP) is 1.86. The standard InChI is InChI=1S/C15H16FN3O5S/c16-10-3-5-11(6-4-10)25(21,22)9-7-13(20)17-15-19-18-14(24-15)12-2-1-8-23-12/h3-6,12H,1-2,7-9H2,(H,17,19,20). The van der Waals surface area contributed by atoms with Crippen LogP contribution in [-0.2, 0) is 19.4 Å². The first-order valence-corrected chi connectivity index (χ1v) is 9.32. The molecule has 1 aromatic heterocycles. The van der Waals surface area contributed by atoms with E-state index in [1.807, 2.05) is 0 Å². The van der Waals surface area contributed by atoms with Crippen LogP contribution in [0.3, 0.4) is 0 Å². The summed E-state index contributed by atoms with van der Waals surface area (Å²) in [7, 11) is -3.69. The normalized spacial score (nSPS) is 17.6. The lowest BCUT2D eigenvalue weighted by Crippen LogP contribution is -2.17. The Hall–Kier alpha value is -2.33. The highest BCUT2D eigenvalue weighted by molar-refractivity contribution is 7.91. The molecule has 3 rings (SSSR count). The van der Waals surface area contributed by atoms with Crippen molar-refractivity contribution in [3.05, 3.63) is 36.0 Å². The Bertz CT molecular complexity index is 844. The number of anilines is 1. The van der Waals surface area contributed by atoms with Crippen LogP contribution in [0.5, 0.6) is 0 Å². The van der Waals surface area contributed by atoms with Crippen LogP contribution >= 0.6 is 0 Å². The van der Waals surface area contributed by atoms with Crippen molar-refractivity contribution in [2.24, 2.45) is 0 Å². The molecule has 0 radical (unpaired) electrons. The van der Waals surface area contributed by atoms with Crippen molar-refractivity contribution >= 4 is 21.8 Å². The van der Waals surface area contributed by atoms with Gasteiger partial charge in [0.15, 0.2) is 9.84 Å². The fourth-order valence-corrected chi connectivity index (χ4v) is 3.60. The number of carbonyl (C=O) groups is 1. The van der Waals surface area contributed by atoms with E-state index >= 15 is 0 Å². The number of amides is 1. The Labute approximate surface area is 143 Å². The molecule has 2 heterocycles. The van der Waals surface area contributed by atoms with Crippen molar-refractivity contribution in [1.29, 1.82) is 0 Å². The second kappa shape index (κ2) is 7.28. The summed E-state index contributed by atoms with van der Waals surface area (Å²) in [5.74, 6) is -1.24. The number of benzene rings is 1. The van der Waals surface area contributed by atoms with Crippen LogP contribution in [0.15, 0.2) is 33.6 Å². The zero-order valence-corrected chi connectivity index (χ0v) is 14.0. The average molecular weight is 369 g/mol. The minimum atomic E-state index is -3.69. The molecule has 134 valence electrons. The maximum atomic E-state index is 12.9. The molecule has 10 heteroatoms. The largest absolute Gasteiger partial charge is 0.405 e. The number of nitrogens with one attached hydrogen (secondary N) is 1. The SMILES string of the molecule is O=C(CCS(=O)(=O)c1ccc(F)cc1)Nc1nnc(C2CCCO2)o1. The fraction of sp³-hybridized carbons (Fsp3) is 0.400. The predicted molar refractivity (Wildman–Crippen MR) is 83.9 cm³/mol. The van der Waals surface area contributed by atoms with Crippen molar-refractivity contribution in [3.63, 3.8) is 0 Å². The molecule has 1 aromatic carbocycles. The molecule has 1 N–H and O–H groups in total. The molecule has 8 nitrogen and oxygen atoms in total. The average Bonchev–Trinajstić information content (AvgIpc) is 3.25. The van der Waals surface area contributed by atoms with Crippen molar-refractivity contribution in [2.75, 3.05) is 17.7 Å². The van der Waals surface area contributed by atoms with Gasteiger partial charge in [-0.2, -0.15) is 0 Å². The van der Waals surface area contributed by atoms with Crippen molar-refractivity contribution < 1.29 is 26.8 Å². The Morgan fingerprint density at radius 1 is 1.28 bits per heavy atom. The molecule has 1 saturated heterocycles. The molecule has 1 fully saturated rings. The summed E-state index contributed by atoms with van der Waals surface area (Å²) in [6.45, 7) is 0.621. The first kappa shape index (κ1) is 17.5. The monoisotopic (exact) mass is 369 g/mol. The third kappa shape index (κ3) is 4.40. The van der Waals surface area contributed by atoms with Crippen molar-refractivity contribution in [1.82, 2.24) is 10.2 Å². The number of carbonyl (C=O) groups excluding carboxylic acids is 1. The minimum absolute atomic E-state index is 0.0415. The van der Waals surface area contributed by atoms with Gasteiger partial charge in [0.25, 0.3) is 0 Å². The number of aromatic nitrogens is 2. The summed E-state index contributed by atoms with van der Waals surface area (Å²) in [4.78, 5) is 11.8. The zero-order chi connectivity index (χ0) is 17.9.